The molecule has 1 aliphatic carbocycles. The van der Waals surface area contributed by atoms with E-state index in [1.165, 1.54) is 6.42 Å². The number of carbonyl (C=O) groups excluding carboxylic acids is 2. The van der Waals surface area contributed by atoms with Crippen LogP contribution >= 0.6 is 0 Å². The van der Waals surface area contributed by atoms with Gasteiger partial charge in [0.1, 0.15) is 0 Å². The van der Waals surface area contributed by atoms with Gasteiger partial charge in [0, 0.05) is 12.1 Å². The highest BCUT2D eigenvalue weighted by atomic mass is 16.3. The molecule has 0 bridgehead atoms. The van der Waals surface area contributed by atoms with Gasteiger partial charge in [0.2, 0.25) is 5.91 Å². The van der Waals surface area contributed by atoms with Crippen molar-refractivity contribution in [2.24, 2.45) is 5.92 Å². The monoisotopic (exact) mass is 318 g/mol. The molecule has 2 amide bonds. The lowest BCUT2D eigenvalue weighted by Gasteiger charge is -2.35. The van der Waals surface area contributed by atoms with Gasteiger partial charge in [-0.15, -0.1) is 0 Å². The summed E-state index contributed by atoms with van der Waals surface area (Å²) in [6, 6.07) is 8.77. The average molecular weight is 318 g/mol. The highest BCUT2D eigenvalue weighted by Gasteiger charge is 2.32. The molecule has 0 saturated heterocycles. The third kappa shape index (κ3) is 5.36. The molecular formula is C18H26N2O3. The second kappa shape index (κ2) is 8.11. The first kappa shape index (κ1) is 17.5. The topological polar surface area (TPSA) is 78.4 Å². The predicted molar refractivity (Wildman–Crippen MR) is 89.0 cm³/mol. The number of carbonyl (C=O) groups is 2. The third-order valence-corrected chi connectivity index (χ3v) is 4.57. The van der Waals surface area contributed by atoms with Crippen LogP contribution in [-0.2, 0) is 4.79 Å². The fourth-order valence-electron chi connectivity index (χ4n) is 3.06. The fourth-order valence-corrected chi connectivity index (χ4v) is 3.06. The van der Waals surface area contributed by atoms with E-state index in [0.29, 0.717) is 5.56 Å². The summed E-state index contributed by atoms with van der Waals surface area (Å²) in [7, 11) is 0. The van der Waals surface area contributed by atoms with Gasteiger partial charge in [-0.05, 0) is 37.8 Å². The summed E-state index contributed by atoms with van der Waals surface area (Å²) in [6.07, 6.45) is 5.52. The smallest absolute Gasteiger partial charge is 0.251 e. The van der Waals surface area contributed by atoms with Gasteiger partial charge in [0.25, 0.3) is 5.91 Å². The molecule has 1 aliphatic rings. The first-order valence-corrected chi connectivity index (χ1v) is 8.31. The second-order valence-corrected chi connectivity index (χ2v) is 6.52. The van der Waals surface area contributed by atoms with E-state index in [-0.39, 0.29) is 30.8 Å². The third-order valence-electron chi connectivity index (χ3n) is 4.57. The summed E-state index contributed by atoms with van der Waals surface area (Å²) in [5.41, 5.74) is -0.367. The molecule has 0 heterocycles. The molecule has 1 unspecified atom stereocenters. The van der Waals surface area contributed by atoms with E-state index in [4.69, 9.17) is 0 Å². The van der Waals surface area contributed by atoms with E-state index >= 15 is 0 Å². The van der Waals surface area contributed by atoms with Gasteiger partial charge in [-0.1, -0.05) is 37.5 Å². The Kier molecular flexibility index (Phi) is 6.16. The molecule has 0 aliphatic heterocycles. The minimum atomic E-state index is -0.889. The molecule has 1 fully saturated rings. The van der Waals surface area contributed by atoms with Crippen LogP contribution in [0.4, 0.5) is 0 Å². The normalized spacial score (nSPS) is 18.0. The van der Waals surface area contributed by atoms with E-state index < -0.39 is 5.60 Å². The maximum Gasteiger partial charge on any atom is 0.251 e. The van der Waals surface area contributed by atoms with Crippen molar-refractivity contribution >= 4 is 11.8 Å². The van der Waals surface area contributed by atoms with Gasteiger partial charge in [-0.3, -0.25) is 9.59 Å². The van der Waals surface area contributed by atoms with Crippen LogP contribution < -0.4 is 10.6 Å². The minimum absolute atomic E-state index is 0.0888. The second-order valence-electron chi connectivity index (χ2n) is 6.52. The van der Waals surface area contributed by atoms with E-state index in [1.54, 1.807) is 31.2 Å². The van der Waals surface area contributed by atoms with Crippen molar-refractivity contribution in [3.63, 3.8) is 0 Å². The molecule has 1 aromatic carbocycles. The average Bonchev–Trinajstić information content (AvgIpc) is 2.59. The number of rotatable bonds is 6. The van der Waals surface area contributed by atoms with Gasteiger partial charge in [0.15, 0.2) is 0 Å². The SMILES string of the molecule is CC(O)(CNC(=O)CNC(=O)c1ccccc1)C1CCCCC1. The summed E-state index contributed by atoms with van der Waals surface area (Å²) < 4.78 is 0. The Morgan fingerprint density at radius 3 is 2.43 bits per heavy atom. The number of hydrogen-bond donors (Lipinski definition) is 3. The molecule has 0 radical (unpaired) electrons. The number of aliphatic hydroxyl groups is 1. The van der Waals surface area contributed by atoms with Gasteiger partial charge in [-0.25, -0.2) is 0 Å². The Morgan fingerprint density at radius 2 is 1.78 bits per heavy atom. The Morgan fingerprint density at radius 1 is 1.13 bits per heavy atom. The highest BCUT2D eigenvalue weighted by Crippen LogP contribution is 2.32. The lowest BCUT2D eigenvalue weighted by molar-refractivity contribution is -0.122. The standard InChI is InChI=1S/C18H26N2O3/c1-18(23,15-10-6-3-7-11-15)13-20-16(21)12-19-17(22)14-8-4-2-5-9-14/h2,4-5,8-9,15,23H,3,6-7,10-13H2,1H3,(H,19,22)(H,20,21). The zero-order chi connectivity index (χ0) is 16.7. The Hall–Kier alpha value is -1.88. The van der Waals surface area contributed by atoms with E-state index in [9.17, 15) is 14.7 Å². The molecule has 1 aromatic rings. The summed E-state index contributed by atoms with van der Waals surface area (Å²) in [4.78, 5) is 23.7. The van der Waals surface area contributed by atoms with E-state index in [2.05, 4.69) is 10.6 Å². The Balaban J connectivity index is 1.73. The molecule has 1 atom stereocenters. The maximum absolute atomic E-state index is 11.9. The number of benzene rings is 1. The van der Waals surface area contributed by atoms with Crippen molar-refractivity contribution in [2.75, 3.05) is 13.1 Å². The Bertz CT molecular complexity index is 522. The van der Waals surface area contributed by atoms with Crippen LogP contribution in [0.1, 0.15) is 49.4 Å². The lowest BCUT2D eigenvalue weighted by Crippen LogP contribution is -2.48. The van der Waals surface area contributed by atoms with Crippen molar-refractivity contribution in [3.05, 3.63) is 35.9 Å². The summed E-state index contributed by atoms with van der Waals surface area (Å²) in [6.45, 7) is 1.91. The van der Waals surface area contributed by atoms with Crippen molar-refractivity contribution in [1.29, 1.82) is 0 Å². The molecule has 0 spiro atoms. The van der Waals surface area contributed by atoms with Crippen LogP contribution in [0.3, 0.4) is 0 Å². The number of hydrogen-bond acceptors (Lipinski definition) is 3. The zero-order valence-electron chi connectivity index (χ0n) is 13.7. The Labute approximate surface area is 137 Å². The van der Waals surface area contributed by atoms with Crippen molar-refractivity contribution in [3.8, 4) is 0 Å². The summed E-state index contributed by atoms with van der Waals surface area (Å²) in [5, 5.41) is 15.8. The summed E-state index contributed by atoms with van der Waals surface area (Å²) >= 11 is 0. The maximum atomic E-state index is 11.9. The van der Waals surface area contributed by atoms with Crippen LogP contribution in [-0.4, -0.2) is 35.6 Å². The highest BCUT2D eigenvalue weighted by molar-refractivity contribution is 5.96. The van der Waals surface area contributed by atoms with Crippen LogP contribution in [0.15, 0.2) is 30.3 Å². The fraction of sp³-hybridized carbons (Fsp3) is 0.556. The quantitative estimate of drug-likeness (QED) is 0.749. The first-order valence-electron chi connectivity index (χ1n) is 8.31. The van der Waals surface area contributed by atoms with Gasteiger partial charge < -0.3 is 15.7 Å². The van der Waals surface area contributed by atoms with Gasteiger partial charge in [-0.2, -0.15) is 0 Å². The van der Waals surface area contributed by atoms with Crippen LogP contribution in [0, 0.1) is 5.92 Å². The van der Waals surface area contributed by atoms with Crippen molar-refractivity contribution in [1.82, 2.24) is 10.6 Å². The molecule has 1 saturated carbocycles. The van der Waals surface area contributed by atoms with Crippen LogP contribution in [0.25, 0.3) is 0 Å². The number of nitrogens with one attached hydrogen (secondary N) is 2. The zero-order valence-corrected chi connectivity index (χ0v) is 13.7. The van der Waals surface area contributed by atoms with Crippen LogP contribution in [0.5, 0.6) is 0 Å². The van der Waals surface area contributed by atoms with Crippen LogP contribution in [0.2, 0.25) is 0 Å². The molecule has 126 valence electrons. The summed E-state index contributed by atoms with van der Waals surface area (Å²) in [5.74, 6) is -0.333. The van der Waals surface area contributed by atoms with Crippen molar-refractivity contribution < 1.29 is 14.7 Å². The molecule has 3 N–H and O–H groups in total. The van der Waals surface area contributed by atoms with Gasteiger partial charge >= 0.3 is 0 Å². The molecule has 0 aromatic heterocycles. The predicted octanol–water partition coefficient (Wildman–Crippen LogP) is 1.86. The minimum Gasteiger partial charge on any atom is -0.388 e. The van der Waals surface area contributed by atoms with Crippen molar-refractivity contribution in [2.45, 2.75) is 44.6 Å². The number of amides is 2. The first-order chi connectivity index (χ1) is 11.0. The lowest BCUT2D eigenvalue weighted by atomic mass is 9.78. The van der Waals surface area contributed by atoms with Gasteiger partial charge in [0.05, 0.1) is 12.1 Å². The molecule has 23 heavy (non-hydrogen) atoms. The molecular weight excluding hydrogens is 292 g/mol. The van der Waals surface area contributed by atoms with E-state index in [0.717, 1.165) is 25.7 Å². The molecule has 2 rings (SSSR count). The largest absolute Gasteiger partial charge is 0.388 e. The van der Waals surface area contributed by atoms with E-state index in [1.807, 2.05) is 6.07 Å². The molecule has 5 nitrogen and oxygen atoms in total. The molecule has 5 heteroatoms.